The van der Waals surface area contributed by atoms with Crippen LogP contribution in [-0.2, 0) is 15.0 Å². The minimum Gasteiger partial charge on any atom is -0.508 e. The summed E-state index contributed by atoms with van der Waals surface area (Å²) < 4.78 is 16.9. The Bertz CT molecular complexity index is 969. The van der Waals surface area contributed by atoms with E-state index in [0.29, 0.717) is 30.4 Å². The highest BCUT2D eigenvalue weighted by atomic mass is 16.5. The second kappa shape index (κ2) is 5.47. The Morgan fingerprint density at radius 2 is 2.12 bits per heavy atom. The van der Waals surface area contributed by atoms with E-state index in [0.717, 1.165) is 17.5 Å². The number of amidine groups is 1. The van der Waals surface area contributed by atoms with Crippen molar-refractivity contribution in [1.82, 2.24) is 4.98 Å². The molecule has 4 heterocycles. The van der Waals surface area contributed by atoms with Gasteiger partial charge in [-0.15, -0.1) is 0 Å². The summed E-state index contributed by atoms with van der Waals surface area (Å²) in [5, 5.41) is 9.99. The molecule has 2 aromatic rings. The van der Waals surface area contributed by atoms with Crippen LogP contribution >= 0.6 is 0 Å². The lowest BCUT2D eigenvalue weighted by atomic mass is 9.81. The summed E-state index contributed by atoms with van der Waals surface area (Å²) in [6.07, 6.45) is 4.69. The Balaban J connectivity index is 1.72. The second-order valence-corrected chi connectivity index (χ2v) is 6.51. The van der Waals surface area contributed by atoms with Crippen molar-refractivity contribution in [2.45, 2.75) is 12.0 Å². The van der Waals surface area contributed by atoms with Gasteiger partial charge in [-0.05, 0) is 41.8 Å². The van der Waals surface area contributed by atoms with E-state index in [1.165, 1.54) is 5.57 Å². The highest BCUT2D eigenvalue weighted by molar-refractivity contribution is 5.77. The zero-order valence-electron chi connectivity index (χ0n) is 13.9. The van der Waals surface area contributed by atoms with Crippen LogP contribution in [0.4, 0.5) is 0 Å². The molecule has 1 spiro atoms. The molecule has 132 valence electrons. The molecule has 0 saturated carbocycles. The van der Waals surface area contributed by atoms with Crippen LogP contribution in [0.15, 0.2) is 41.5 Å². The van der Waals surface area contributed by atoms with Crippen LogP contribution in [-0.4, -0.2) is 35.9 Å². The van der Waals surface area contributed by atoms with Gasteiger partial charge in [-0.2, -0.15) is 0 Å². The first kappa shape index (κ1) is 15.2. The number of phenols is 1. The molecule has 7 nitrogen and oxygen atoms in total. The number of benzene rings is 1. The number of ether oxygens (including phenoxy) is 3. The van der Waals surface area contributed by atoms with Crippen LogP contribution in [0, 0.1) is 0 Å². The molecule has 3 N–H and O–H groups in total. The average molecular weight is 351 g/mol. The van der Waals surface area contributed by atoms with Crippen molar-refractivity contribution in [1.29, 1.82) is 0 Å². The second-order valence-electron chi connectivity index (χ2n) is 6.51. The van der Waals surface area contributed by atoms with E-state index in [-0.39, 0.29) is 18.4 Å². The standard InChI is InChI=1S/C19H17N3O4/c20-18-22-19(10-25-18)14-8-13(23)1-2-16(14)26-17-15(19)7-12(9-21-17)11-3-5-24-6-4-11/h1-3,7-9,23H,4-6,10H2,(H2,20,22). The molecule has 3 aliphatic heterocycles. The molecule has 1 unspecified atom stereocenters. The SMILES string of the molecule is NC1=NC2(CO1)c1cc(O)ccc1Oc1ncc(C3=CCOCC3)cc12. The molecule has 0 saturated heterocycles. The maximum Gasteiger partial charge on any atom is 0.283 e. The minimum absolute atomic E-state index is 0.114. The van der Waals surface area contributed by atoms with Gasteiger partial charge in [-0.3, -0.25) is 0 Å². The summed E-state index contributed by atoms with van der Waals surface area (Å²) in [4.78, 5) is 9.11. The van der Waals surface area contributed by atoms with Gasteiger partial charge >= 0.3 is 0 Å². The molecular formula is C19H17N3O4. The third kappa shape index (κ3) is 2.17. The van der Waals surface area contributed by atoms with Crippen LogP contribution in [0.5, 0.6) is 17.4 Å². The van der Waals surface area contributed by atoms with Gasteiger partial charge in [0.25, 0.3) is 6.02 Å². The predicted octanol–water partition coefficient (Wildman–Crippen LogP) is 2.29. The zero-order chi connectivity index (χ0) is 17.7. The van der Waals surface area contributed by atoms with Gasteiger partial charge in [-0.1, -0.05) is 6.08 Å². The monoisotopic (exact) mass is 351 g/mol. The third-order valence-corrected chi connectivity index (χ3v) is 4.98. The van der Waals surface area contributed by atoms with E-state index in [9.17, 15) is 5.11 Å². The Labute approximate surface area is 149 Å². The summed E-state index contributed by atoms with van der Waals surface area (Å²) in [7, 11) is 0. The van der Waals surface area contributed by atoms with E-state index in [1.54, 1.807) is 24.4 Å². The Morgan fingerprint density at radius 3 is 2.88 bits per heavy atom. The molecule has 0 aliphatic carbocycles. The first-order valence-corrected chi connectivity index (χ1v) is 8.43. The maximum atomic E-state index is 9.99. The number of aromatic hydroxyl groups is 1. The van der Waals surface area contributed by atoms with Crippen LogP contribution in [0.3, 0.4) is 0 Å². The molecular weight excluding hydrogens is 334 g/mol. The number of aromatic nitrogens is 1. The quantitative estimate of drug-likeness (QED) is 0.818. The molecule has 0 bridgehead atoms. The van der Waals surface area contributed by atoms with Crippen molar-refractivity contribution in [2.75, 3.05) is 19.8 Å². The normalized spacial score (nSPS) is 23.4. The lowest BCUT2D eigenvalue weighted by Crippen LogP contribution is -2.31. The van der Waals surface area contributed by atoms with Crippen molar-refractivity contribution >= 4 is 11.6 Å². The highest BCUT2D eigenvalue weighted by Crippen LogP contribution is 2.51. The number of hydrogen-bond donors (Lipinski definition) is 2. The molecule has 7 heteroatoms. The van der Waals surface area contributed by atoms with E-state index >= 15 is 0 Å². The van der Waals surface area contributed by atoms with E-state index < -0.39 is 5.54 Å². The number of nitrogens with zero attached hydrogens (tertiary/aromatic N) is 2. The molecule has 1 aromatic carbocycles. The number of phenolic OH excluding ortho intramolecular Hbond substituents is 1. The first-order chi connectivity index (χ1) is 12.7. The molecule has 0 amide bonds. The van der Waals surface area contributed by atoms with Gasteiger partial charge in [0.2, 0.25) is 5.88 Å². The molecule has 0 fully saturated rings. The van der Waals surface area contributed by atoms with Crippen molar-refractivity contribution in [3.05, 3.63) is 53.2 Å². The van der Waals surface area contributed by atoms with Crippen LogP contribution in [0.2, 0.25) is 0 Å². The molecule has 0 radical (unpaired) electrons. The summed E-state index contributed by atoms with van der Waals surface area (Å²) >= 11 is 0. The maximum absolute atomic E-state index is 9.99. The van der Waals surface area contributed by atoms with Crippen molar-refractivity contribution in [2.24, 2.45) is 10.7 Å². The summed E-state index contributed by atoms with van der Waals surface area (Å²) in [5.74, 6) is 1.19. The fourth-order valence-corrected chi connectivity index (χ4v) is 3.68. The van der Waals surface area contributed by atoms with Crippen LogP contribution in [0.1, 0.15) is 23.1 Å². The fraction of sp³-hybridized carbons (Fsp3) is 0.263. The summed E-state index contributed by atoms with van der Waals surface area (Å²) in [5.41, 5.74) is 8.65. The van der Waals surface area contributed by atoms with E-state index in [4.69, 9.17) is 19.9 Å². The molecule has 1 atom stereocenters. The van der Waals surface area contributed by atoms with Crippen molar-refractivity contribution in [3.63, 3.8) is 0 Å². The number of rotatable bonds is 1. The zero-order valence-corrected chi connectivity index (χ0v) is 13.9. The average Bonchev–Trinajstić information content (AvgIpc) is 3.06. The fourth-order valence-electron chi connectivity index (χ4n) is 3.68. The summed E-state index contributed by atoms with van der Waals surface area (Å²) in [6.45, 7) is 1.52. The van der Waals surface area contributed by atoms with Gasteiger partial charge in [0.05, 0.1) is 18.8 Å². The highest BCUT2D eigenvalue weighted by Gasteiger charge is 2.48. The molecule has 3 aliphatic rings. The van der Waals surface area contributed by atoms with Gasteiger partial charge in [0.1, 0.15) is 18.1 Å². The topological polar surface area (TPSA) is 99.2 Å². The molecule has 26 heavy (non-hydrogen) atoms. The van der Waals surface area contributed by atoms with Crippen LogP contribution in [0.25, 0.3) is 5.57 Å². The minimum atomic E-state index is -0.875. The molecule has 1 aromatic heterocycles. The Morgan fingerprint density at radius 1 is 1.19 bits per heavy atom. The van der Waals surface area contributed by atoms with Crippen LogP contribution < -0.4 is 10.5 Å². The predicted molar refractivity (Wildman–Crippen MR) is 94.2 cm³/mol. The number of aliphatic imine (C=N–C) groups is 1. The number of fused-ring (bicyclic) bond motifs is 4. The Hall–Kier alpha value is -3.06. The Kier molecular flexibility index (Phi) is 3.20. The molecule has 5 rings (SSSR count). The largest absolute Gasteiger partial charge is 0.508 e. The third-order valence-electron chi connectivity index (χ3n) is 4.98. The van der Waals surface area contributed by atoms with E-state index in [2.05, 4.69) is 16.1 Å². The van der Waals surface area contributed by atoms with Gasteiger partial charge in [0.15, 0.2) is 5.54 Å². The number of nitrogens with two attached hydrogens (primary N) is 1. The van der Waals surface area contributed by atoms with Gasteiger partial charge < -0.3 is 25.1 Å². The number of pyridine rings is 1. The lowest BCUT2D eigenvalue weighted by molar-refractivity contribution is 0.161. The number of hydrogen-bond acceptors (Lipinski definition) is 7. The first-order valence-electron chi connectivity index (χ1n) is 8.43. The van der Waals surface area contributed by atoms with Gasteiger partial charge in [-0.25, -0.2) is 9.98 Å². The van der Waals surface area contributed by atoms with Crippen molar-refractivity contribution in [3.8, 4) is 17.4 Å². The lowest BCUT2D eigenvalue weighted by Gasteiger charge is -2.33. The van der Waals surface area contributed by atoms with Crippen molar-refractivity contribution < 1.29 is 19.3 Å². The smallest absolute Gasteiger partial charge is 0.283 e. The van der Waals surface area contributed by atoms with E-state index in [1.807, 2.05) is 6.07 Å². The summed E-state index contributed by atoms with van der Waals surface area (Å²) in [6, 6.07) is 7.06. The van der Waals surface area contributed by atoms with Gasteiger partial charge in [0, 0.05) is 11.8 Å².